The van der Waals surface area contributed by atoms with Gasteiger partial charge in [0.15, 0.2) is 0 Å². The van der Waals surface area contributed by atoms with E-state index in [1.807, 2.05) is 74.2 Å². The summed E-state index contributed by atoms with van der Waals surface area (Å²) < 4.78 is 1.90. The normalized spacial score (nSPS) is 11.2. The van der Waals surface area contributed by atoms with E-state index in [9.17, 15) is 5.11 Å². The minimum Gasteiger partial charge on any atom is -0.392 e. The first-order chi connectivity index (χ1) is 16.5. The number of hydrogen-bond acceptors (Lipinski definition) is 5. The molecule has 170 valence electrons. The standard InChI is InChI=1S/C27H24ClN5O/c1-32(2)26-20-13-18(9-10-22(20)31-27(28)24(26)17-7-5-4-6-8-17)19-11-12-30-25(21(19)15-34)23-14-29-16-33(23)3/h4-14,16,34H,15H2,1-3H3. The number of fused-ring (bicyclic) bond motifs is 1. The number of aryl methyl sites for hydroxylation is 1. The summed E-state index contributed by atoms with van der Waals surface area (Å²) in [7, 11) is 5.93. The maximum absolute atomic E-state index is 10.3. The third-order valence-electron chi connectivity index (χ3n) is 6.01. The first kappa shape index (κ1) is 22.1. The lowest BCUT2D eigenvalue weighted by Gasteiger charge is -2.22. The molecule has 0 aliphatic carbocycles. The molecular weight excluding hydrogens is 446 g/mol. The lowest BCUT2D eigenvalue weighted by molar-refractivity contribution is 0.282. The number of imidazole rings is 1. The molecule has 34 heavy (non-hydrogen) atoms. The number of aliphatic hydroxyl groups excluding tert-OH is 1. The molecule has 0 aliphatic rings. The zero-order chi connectivity index (χ0) is 23.8. The van der Waals surface area contributed by atoms with Crippen molar-refractivity contribution in [3.05, 3.63) is 84.0 Å². The van der Waals surface area contributed by atoms with Gasteiger partial charge in [0.2, 0.25) is 0 Å². The fourth-order valence-corrected chi connectivity index (χ4v) is 4.73. The number of aliphatic hydroxyl groups is 1. The molecule has 0 aliphatic heterocycles. The van der Waals surface area contributed by atoms with Crippen LogP contribution < -0.4 is 4.90 Å². The molecule has 0 fully saturated rings. The van der Waals surface area contributed by atoms with Gasteiger partial charge in [-0.25, -0.2) is 9.97 Å². The number of hydrogen-bond donors (Lipinski definition) is 1. The van der Waals surface area contributed by atoms with Gasteiger partial charge in [-0.3, -0.25) is 4.98 Å². The van der Waals surface area contributed by atoms with Crippen LogP contribution in [-0.4, -0.2) is 38.7 Å². The number of pyridine rings is 2. The zero-order valence-corrected chi connectivity index (χ0v) is 20.0. The Morgan fingerprint density at radius 1 is 1.03 bits per heavy atom. The Balaban J connectivity index is 1.77. The number of nitrogens with zero attached hydrogens (tertiary/aromatic N) is 5. The van der Waals surface area contributed by atoms with Crippen molar-refractivity contribution in [3.63, 3.8) is 0 Å². The van der Waals surface area contributed by atoms with Crippen molar-refractivity contribution in [1.82, 2.24) is 19.5 Å². The SMILES string of the molecule is CN(C)c1c(-c2ccccc2)c(Cl)nc2ccc(-c3ccnc(-c4cncn4C)c3CO)cc12. The maximum Gasteiger partial charge on any atom is 0.139 e. The first-order valence-corrected chi connectivity index (χ1v) is 11.3. The predicted octanol–water partition coefficient (Wildman–Crippen LogP) is 5.58. The summed E-state index contributed by atoms with van der Waals surface area (Å²) >= 11 is 6.70. The minimum atomic E-state index is -0.142. The Bertz CT molecular complexity index is 1490. The zero-order valence-electron chi connectivity index (χ0n) is 19.2. The topological polar surface area (TPSA) is 67.1 Å². The lowest BCUT2D eigenvalue weighted by Crippen LogP contribution is -2.11. The molecule has 0 atom stereocenters. The van der Waals surface area contributed by atoms with E-state index in [1.165, 1.54) is 0 Å². The summed E-state index contributed by atoms with van der Waals surface area (Å²) in [6.45, 7) is -0.142. The quantitative estimate of drug-likeness (QED) is 0.340. The van der Waals surface area contributed by atoms with E-state index >= 15 is 0 Å². The van der Waals surface area contributed by atoms with Gasteiger partial charge in [0.1, 0.15) is 5.15 Å². The second-order valence-electron chi connectivity index (χ2n) is 8.35. The van der Waals surface area contributed by atoms with Gasteiger partial charge < -0.3 is 14.6 Å². The van der Waals surface area contributed by atoms with Crippen LogP contribution in [0.1, 0.15) is 5.56 Å². The van der Waals surface area contributed by atoms with E-state index in [0.717, 1.165) is 50.1 Å². The van der Waals surface area contributed by atoms with Gasteiger partial charge >= 0.3 is 0 Å². The van der Waals surface area contributed by atoms with Gasteiger partial charge in [0.05, 0.1) is 41.7 Å². The Morgan fingerprint density at radius 2 is 1.82 bits per heavy atom. The number of anilines is 1. The highest BCUT2D eigenvalue weighted by Gasteiger charge is 2.20. The highest BCUT2D eigenvalue weighted by atomic mass is 35.5. The smallest absolute Gasteiger partial charge is 0.139 e. The Kier molecular flexibility index (Phi) is 5.77. The van der Waals surface area contributed by atoms with Crippen LogP contribution in [0.3, 0.4) is 0 Å². The summed E-state index contributed by atoms with van der Waals surface area (Å²) in [5, 5.41) is 11.8. The largest absolute Gasteiger partial charge is 0.392 e. The van der Waals surface area contributed by atoms with Crippen LogP contribution in [0.25, 0.3) is 44.5 Å². The molecule has 5 rings (SSSR count). The Morgan fingerprint density at radius 3 is 2.50 bits per heavy atom. The number of rotatable bonds is 5. The van der Waals surface area contributed by atoms with E-state index in [2.05, 4.69) is 20.9 Å². The monoisotopic (exact) mass is 469 g/mol. The summed E-state index contributed by atoms with van der Waals surface area (Å²) in [6.07, 6.45) is 5.25. The molecule has 0 unspecified atom stereocenters. The fourth-order valence-electron chi connectivity index (χ4n) is 4.44. The van der Waals surface area contributed by atoms with E-state index in [0.29, 0.717) is 10.8 Å². The van der Waals surface area contributed by atoms with Crippen LogP contribution in [0, 0.1) is 0 Å². The molecule has 0 radical (unpaired) electrons. The molecule has 3 aromatic heterocycles. The van der Waals surface area contributed by atoms with Gasteiger partial charge in [-0.15, -0.1) is 0 Å². The molecule has 0 saturated heterocycles. The average Bonchev–Trinajstić information content (AvgIpc) is 3.28. The molecule has 6 nitrogen and oxygen atoms in total. The highest BCUT2D eigenvalue weighted by Crippen LogP contribution is 2.42. The van der Waals surface area contributed by atoms with Crippen molar-refractivity contribution >= 4 is 28.2 Å². The summed E-state index contributed by atoms with van der Waals surface area (Å²) in [5.41, 5.74) is 7.90. The van der Waals surface area contributed by atoms with E-state index in [-0.39, 0.29) is 6.61 Å². The van der Waals surface area contributed by atoms with Crippen molar-refractivity contribution in [3.8, 4) is 33.6 Å². The van der Waals surface area contributed by atoms with Crippen LogP contribution in [0.15, 0.2) is 73.3 Å². The second-order valence-corrected chi connectivity index (χ2v) is 8.71. The molecule has 1 N–H and O–H groups in total. The molecule has 0 amide bonds. The van der Waals surface area contributed by atoms with E-state index in [1.54, 1.807) is 18.7 Å². The number of halogens is 1. The first-order valence-electron chi connectivity index (χ1n) is 10.9. The van der Waals surface area contributed by atoms with E-state index < -0.39 is 0 Å². The van der Waals surface area contributed by atoms with Crippen molar-refractivity contribution in [1.29, 1.82) is 0 Å². The van der Waals surface area contributed by atoms with E-state index in [4.69, 9.17) is 16.6 Å². The van der Waals surface area contributed by atoms with Gasteiger partial charge in [0.25, 0.3) is 0 Å². The molecule has 2 aromatic carbocycles. The summed E-state index contributed by atoms with van der Waals surface area (Å²) in [5.74, 6) is 0. The number of benzene rings is 2. The highest BCUT2D eigenvalue weighted by molar-refractivity contribution is 6.34. The second kappa shape index (κ2) is 8.89. The van der Waals surface area contributed by atoms with Crippen LogP contribution in [0.4, 0.5) is 5.69 Å². The lowest BCUT2D eigenvalue weighted by atomic mass is 9.95. The van der Waals surface area contributed by atoms with Crippen molar-refractivity contribution in [2.75, 3.05) is 19.0 Å². The Labute approximate surface area is 203 Å². The van der Waals surface area contributed by atoms with Crippen molar-refractivity contribution < 1.29 is 5.11 Å². The van der Waals surface area contributed by atoms with Crippen LogP contribution >= 0.6 is 11.6 Å². The van der Waals surface area contributed by atoms with Gasteiger partial charge in [-0.05, 0) is 34.9 Å². The van der Waals surface area contributed by atoms with Crippen LogP contribution in [-0.2, 0) is 13.7 Å². The average molecular weight is 470 g/mol. The molecule has 3 heterocycles. The molecule has 5 aromatic rings. The molecule has 0 spiro atoms. The van der Waals surface area contributed by atoms with Gasteiger partial charge in [-0.1, -0.05) is 48.0 Å². The number of aromatic nitrogens is 4. The molecule has 0 saturated carbocycles. The molecular formula is C27H24ClN5O. The van der Waals surface area contributed by atoms with Crippen LogP contribution in [0.5, 0.6) is 0 Å². The molecule has 7 heteroatoms. The van der Waals surface area contributed by atoms with Crippen molar-refractivity contribution in [2.45, 2.75) is 6.61 Å². The molecule has 0 bridgehead atoms. The van der Waals surface area contributed by atoms with Gasteiger partial charge in [0, 0.05) is 43.9 Å². The Hall–Kier alpha value is -3.74. The maximum atomic E-state index is 10.3. The third-order valence-corrected chi connectivity index (χ3v) is 6.28. The summed E-state index contributed by atoms with van der Waals surface area (Å²) in [6, 6.07) is 18.1. The van der Waals surface area contributed by atoms with Crippen molar-refractivity contribution in [2.24, 2.45) is 7.05 Å². The predicted molar refractivity (Wildman–Crippen MR) is 138 cm³/mol. The summed E-state index contributed by atoms with van der Waals surface area (Å²) in [4.78, 5) is 15.5. The minimum absolute atomic E-state index is 0.142. The fraction of sp³-hybridized carbons (Fsp3) is 0.148. The van der Waals surface area contributed by atoms with Gasteiger partial charge in [-0.2, -0.15) is 0 Å². The third kappa shape index (κ3) is 3.71. The van der Waals surface area contributed by atoms with Crippen LogP contribution in [0.2, 0.25) is 5.15 Å².